The number of hydrogen-bond donors (Lipinski definition) is 2. The molecule has 13 heteroatoms. The quantitative estimate of drug-likeness (QED) is 0.313. The number of pyridine rings is 1. The van der Waals surface area contributed by atoms with Gasteiger partial charge in [-0.3, -0.25) is 9.32 Å². The highest BCUT2D eigenvalue weighted by Crippen LogP contribution is 2.55. The molecule has 5 rings (SSSR count). The third kappa shape index (κ3) is 4.56. The largest absolute Gasteiger partial charge is 0.477 e. The Labute approximate surface area is 223 Å². The van der Waals surface area contributed by atoms with Gasteiger partial charge < -0.3 is 24.8 Å². The van der Waals surface area contributed by atoms with Gasteiger partial charge in [-0.05, 0) is 38.8 Å². The van der Waals surface area contributed by atoms with E-state index in [-0.39, 0.29) is 24.6 Å². The Morgan fingerprint density at radius 1 is 1.10 bits per heavy atom. The molecule has 2 aliphatic rings. The van der Waals surface area contributed by atoms with Crippen LogP contribution in [0.2, 0.25) is 0 Å². The van der Waals surface area contributed by atoms with Crippen LogP contribution < -0.4 is 20.6 Å². The number of nitrogens with two attached hydrogens (primary N) is 1. The average Bonchev–Trinajstić information content (AvgIpc) is 3.72. The number of carboxylic acids is 1. The zero-order chi connectivity index (χ0) is 28.2. The molecule has 2 aromatic carbocycles. The van der Waals surface area contributed by atoms with Crippen molar-refractivity contribution in [2.45, 2.75) is 44.8 Å². The average molecular weight is 563 g/mol. The molecule has 1 aromatic heterocycles. The van der Waals surface area contributed by atoms with Gasteiger partial charge in [0.1, 0.15) is 17.0 Å². The van der Waals surface area contributed by atoms with E-state index in [1.807, 2.05) is 0 Å². The normalized spacial score (nSPS) is 21.6. The maximum atomic E-state index is 16.2. The Morgan fingerprint density at radius 3 is 2.26 bits per heavy atom. The number of benzene rings is 2. The van der Waals surface area contributed by atoms with Gasteiger partial charge in [0.25, 0.3) is 0 Å². The van der Waals surface area contributed by atoms with E-state index in [1.54, 1.807) is 48.8 Å². The van der Waals surface area contributed by atoms with Crippen molar-refractivity contribution in [1.82, 2.24) is 9.24 Å². The molecule has 10 nitrogen and oxygen atoms in total. The summed E-state index contributed by atoms with van der Waals surface area (Å²) in [6.07, 6.45) is 2.42. The Balaban J connectivity index is 1.57. The molecule has 39 heavy (non-hydrogen) atoms. The van der Waals surface area contributed by atoms with Crippen molar-refractivity contribution in [3.63, 3.8) is 0 Å². The molecule has 0 bridgehead atoms. The van der Waals surface area contributed by atoms with E-state index in [0.29, 0.717) is 18.6 Å². The standard InChI is InChI=1S/C26H29F2N4O6P/c1-14-11-30(12-15(2)32(14)39(36,37-3)38-17-7-5-4-6-8-17)24-20(27)22(29)19-23(21(24)28)31(16-9-10-16)13-18(25(19)33)26(34)35/h4-8,13-16H,9-12,29H2,1-3H3,(H,34,35)/t14-,15+,39?. The molecule has 1 aliphatic carbocycles. The number of carboxylic acid groups (broad SMARTS) is 1. The first-order valence-electron chi connectivity index (χ1n) is 12.5. The number of aromatic nitrogens is 1. The molecule has 0 amide bonds. The van der Waals surface area contributed by atoms with Crippen molar-refractivity contribution in [1.29, 1.82) is 0 Å². The van der Waals surface area contributed by atoms with Crippen molar-refractivity contribution in [3.8, 4) is 5.75 Å². The Morgan fingerprint density at radius 2 is 1.72 bits per heavy atom. The van der Waals surface area contributed by atoms with E-state index in [9.17, 15) is 19.3 Å². The lowest BCUT2D eigenvalue weighted by Gasteiger charge is -2.46. The summed E-state index contributed by atoms with van der Waals surface area (Å²) < 4.78 is 59.9. The minimum absolute atomic E-state index is 0.0372. The molecule has 1 saturated carbocycles. The molecule has 3 atom stereocenters. The lowest BCUT2D eigenvalue weighted by Crippen LogP contribution is -2.56. The maximum absolute atomic E-state index is 16.2. The van der Waals surface area contributed by atoms with Crippen molar-refractivity contribution < 1.29 is 32.3 Å². The zero-order valence-electron chi connectivity index (χ0n) is 21.6. The van der Waals surface area contributed by atoms with Gasteiger partial charge in [-0.25, -0.2) is 18.1 Å². The Hall–Kier alpha value is -3.47. The summed E-state index contributed by atoms with van der Waals surface area (Å²) in [5.41, 5.74) is 3.16. The van der Waals surface area contributed by atoms with Crippen LogP contribution in [-0.4, -0.2) is 52.6 Å². The molecule has 1 saturated heterocycles. The second-order valence-corrected chi connectivity index (χ2v) is 11.9. The highest BCUT2D eigenvalue weighted by molar-refractivity contribution is 7.51. The smallest absolute Gasteiger partial charge is 0.461 e. The number of carbonyl (C=O) groups is 1. The van der Waals surface area contributed by atoms with Gasteiger partial charge in [0, 0.05) is 44.5 Å². The number of hydrogen-bond acceptors (Lipinski definition) is 7. The van der Waals surface area contributed by atoms with E-state index >= 15 is 8.78 Å². The summed E-state index contributed by atoms with van der Waals surface area (Å²) in [5, 5.41) is 9.02. The van der Waals surface area contributed by atoms with Crippen molar-refractivity contribution >= 4 is 36.0 Å². The van der Waals surface area contributed by atoms with Crippen LogP contribution in [0.5, 0.6) is 5.75 Å². The second kappa shape index (κ2) is 9.93. The molecular formula is C26H29F2N4O6P. The van der Waals surface area contributed by atoms with Crippen molar-refractivity contribution in [2.75, 3.05) is 30.8 Å². The monoisotopic (exact) mass is 562 g/mol. The minimum Gasteiger partial charge on any atom is -0.477 e. The molecule has 0 spiro atoms. The molecule has 2 fully saturated rings. The fraction of sp³-hybridized carbons (Fsp3) is 0.385. The van der Waals surface area contributed by atoms with Crippen molar-refractivity contribution in [3.05, 3.63) is 63.9 Å². The number of anilines is 2. The Kier molecular flexibility index (Phi) is 6.90. The first-order chi connectivity index (χ1) is 18.5. The summed E-state index contributed by atoms with van der Waals surface area (Å²) >= 11 is 0. The number of nitrogen functional groups attached to an aromatic ring is 1. The van der Waals surface area contributed by atoms with Gasteiger partial charge >= 0.3 is 13.7 Å². The Bertz CT molecular complexity index is 1550. The number of nitrogens with zero attached hydrogens (tertiary/aromatic N) is 3. The fourth-order valence-electron chi connectivity index (χ4n) is 5.40. The van der Waals surface area contributed by atoms with Crippen LogP contribution in [0.3, 0.4) is 0 Å². The summed E-state index contributed by atoms with van der Waals surface area (Å²) in [4.78, 5) is 26.1. The van der Waals surface area contributed by atoms with Gasteiger partial charge in [0.2, 0.25) is 5.43 Å². The number of aromatic carboxylic acids is 1. The van der Waals surface area contributed by atoms with Gasteiger partial charge in [-0.1, -0.05) is 18.2 Å². The molecule has 1 unspecified atom stereocenters. The summed E-state index contributed by atoms with van der Waals surface area (Å²) in [6.45, 7) is 3.55. The molecule has 3 N–H and O–H groups in total. The molecule has 1 aliphatic heterocycles. The topological polar surface area (TPSA) is 127 Å². The van der Waals surface area contributed by atoms with Crippen LogP contribution in [-0.2, 0) is 9.09 Å². The highest BCUT2D eigenvalue weighted by Gasteiger charge is 2.46. The van der Waals surface area contributed by atoms with E-state index < -0.39 is 65.2 Å². The highest BCUT2D eigenvalue weighted by atomic mass is 31.2. The van der Waals surface area contributed by atoms with Crippen LogP contribution in [0.1, 0.15) is 43.1 Å². The minimum atomic E-state index is -3.84. The van der Waals surface area contributed by atoms with Gasteiger partial charge in [-0.2, -0.15) is 4.67 Å². The summed E-state index contributed by atoms with van der Waals surface area (Å²) in [7, 11) is -2.56. The van der Waals surface area contributed by atoms with Gasteiger partial charge in [-0.15, -0.1) is 0 Å². The SMILES string of the molecule is COP(=O)(Oc1ccccc1)N1[C@H](C)CN(c2c(F)c(N)c3c(=O)c(C(=O)O)cn(C4CC4)c3c2F)C[C@@H]1C. The number of para-hydroxylation sites is 1. The zero-order valence-corrected chi connectivity index (χ0v) is 22.5. The summed E-state index contributed by atoms with van der Waals surface area (Å²) in [5.74, 6) is -3.30. The van der Waals surface area contributed by atoms with Gasteiger partial charge in [0.05, 0.1) is 16.6 Å². The molecular weight excluding hydrogens is 533 g/mol. The molecule has 0 radical (unpaired) electrons. The van der Waals surface area contributed by atoms with E-state index in [4.69, 9.17) is 14.8 Å². The van der Waals surface area contributed by atoms with Crippen LogP contribution >= 0.6 is 7.75 Å². The first kappa shape index (κ1) is 27.1. The van der Waals surface area contributed by atoms with Crippen LogP contribution in [0.15, 0.2) is 41.3 Å². The number of rotatable bonds is 7. The van der Waals surface area contributed by atoms with E-state index in [0.717, 1.165) is 6.20 Å². The first-order valence-corrected chi connectivity index (χ1v) is 14.0. The predicted octanol–water partition coefficient (Wildman–Crippen LogP) is 4.63. The van der Waals surface area contributed by atoms with E-state index in [1.165, 1.54) is 16.6 Å². The third-order valence-electron chi connectivity index (χ3n) is 7.20. The van der Waals surface area contributed by atoms with Crippen LogP contribution in [0.25, 0.3) is 10.9 Å². The lowest BCUT2D eigenvalue weighted by atomic mass is 10.0. The number of piperazine rings is 1. The second-order valence-electron chi connectivity index (χ2n) is 9.97. The molecule has 3 aromatic rings. The predicted molar refractivity (Wildman–Crippen MR) is 142 cm³/mol. The number of halogens is 2. The van der Waals surface area contributed by atoms with Crippen LogP contribution in [0.4, 0.5) is 20.2 Å². The van der Waals surface area contributed by atoms with Crippen molar-refractivity contribution in [2.24, 2.45) is 0 Å². The van der Waals surface area contributed by atoms with Crippen LogP contribution in [0, 0.1) is 11.6 Å². The molecule has 2 heterocycles. The third-order valence-corrected chi connectivity index (χ3v) is 9.46. The maximum Gasteiger partial charge on any atom is 0.461 e. The van der Waals surface area contributed by atoms with Gasteiger partial charge in [0.15, 0.2) is 11.6 Å². The van der Waals surface area contributed by atoms with E-state index in [2.05, 4.69) is 0 Å². The molecule has 208 valence electrons. The lowest BCUT2D eigenvalue weighted by molar-refractivity contribution is 0.0694. The number of fused-ring (bicyclic) bond motifs is 1. The fourth-order valence-corrected chi connectivity index (χ4v) is 7.25. The summed E-state index contributed by atoms with van der Waals surface area (Å²) in [6, 6.07) is 7.24.